The summed E-state index contributed by atoms with van der Waals surface area (Å²) in [6.45, 7) is 0. The maximum atomic E-state index is 10.6. The van der Waals surface area contributed by atoms with Crippen LogP contribution in [0.25, 0.3) is 0 Å². The Hall–Kier alpha value is -0.420. The predicted octanol–water partition coefficient (Wildman–Crippen LogP) is 1.61. The van der Waals surface area contributed by atoms with E-state index in [2.05, 4.69) is 25.1 Å². The Kier molecular flexibility index (Phi) is 2.18. The summed E-state index contributed by atoms with van der Waals surface area (Å²) in [5, 5.41) is 2.06. The maximum absolute atomic E-state index is 10.6. The Morgan fingerprint density at radius 1 is 1.89 bits per heavy atom. The smallest absolute Gasteiger partial charge is 0.378 e. The highest BCUT2D eigenvalue weighted by Gasteiger charge is 2.06. The van der Waals surface area contributed by atoms with Gasteiger partial charge in [-0.3, -0.25) is 0 Å². The Bertz CT molecular complexity index is 198. The van der Waals surface area contributed by atoms with Crippen LogP contribution in [0.2, 0.25) is 0 Å². The minimum Gasteiger partial charge on any atom is -0.378 e. The number of aromatic nitrogens is 1. The third-order valence-corrected chi connectivity index (χ3v) is 1.72. The molecule has 0 N–H and O–H groups in total. The molecule has 1 heterocycles. The Morgan fingerprint density at radius 3 is 3.11 bits per heavy atom. The van der Waals surface area contributed by atoms with E-state index in [-0.39, 0.29) is 0 Å². The van der Waals surface area contributed by atoms with E-state index in [4.69, 9.17) is 0 Å². The molecule has 0 amide bonds. The summed E-state index contributed by atoms with van der Waals surface area (Å²) in [7, 11) is 0. The van der Waals surface area contributed by atoms with Crippen LogP contribution in [-0.2, 0) is 3.83 Å². The van der Waals surface area contributed by atoms with Crippen molar-refractivity contribution in [3.8, 4) is 0 Å². The van der Waals surface area contributed by atoms with Crippen LogP contribution in [0.3, 0.4) is 0 Å². The molecule has 1 aromatic rings. The molecule has 0 radical (unpaired) electrons. The normalized spacial score (nSPS) is 9.00. The topological polar surface area (TPSA) is 39.2 Å². The maximum Gasteiger partial charge on any atom is 0.378 e. The van der Waals surface area contributed by atoms with E-state index in [0.29, 0.717) is 5.01 Å². The number of thiazole rings is 1. The van der Waals surface area contributed by atoms with Gasteiger partial charge in [0.05, 0.1) is 0 Å². The molecule has 0 unspecified atom stereocenters. The van der Waals surface area contributed by atoms with Crippen molar-refractivity contribution in [3.63, 3.8) is 0 Å². The number of halogens is 1. The molecule has 5 heteroatoms. The van der Waals surface area contributed by atoms with E-state index in [0.717, 1.165) is 0 Å². The molecule has 3 nitrogen and oxygen atoms in total. The molecule has 0 aliphatic heterocycles. The third-order valence-electron chi connectivity index (χ3n) is 0.677. The highest BCUT2D eigenvalue weighted by Crippen LogP contribution is 2.06. The molecule has 0 saturated heterocycles. The van der Waals surface area contributed by atoms with Crippen molar-refractivity contribution in [2.75, 3.05) is 0 Å². The highest BCUT2D eigenvalue weighted by molar-refractivity contribution is 9.06. The van der Waals surface area contributed by atoms with Gasteiger partial charge >= 0.3 is 5.97 Å². The molecule has 0 fully saturated rings. The Morgan fingerprint density at radius 2 is 2.67 bits per heavy atom. The summed E-state index contributed by atoms with van der Waals surface area (Å²) in [5.41, 5.74) is 0. The van der Waals surface area contributed by atoms with Gasteiger partial charge in [-0.15, -0.1) is 11.3 Å². The van der Waals surface area contributed by atoms with Crippen molar-refractivity contribution >= 4 is 33.6 Å². The fraction of sp³-hybridized carbons (Fsp3) is 0. The fourth-order valence-electron chi connectivity index (χ4n) is 0.357. The lowest BCUT2D eigenvalue weighted by Gasteiger charge is -1.85. The van der Waals surface area contributed by atoms with Crippen LogP contribution >= 0.6 is 27.6 Å². The number of carbonyl (C=O) groups excluding carboxylic acids is 1. The van der Waals surface area contributed by atoms with Gasteiger partial charge in [0.2, 0.25) is 5.01 Å². The van der Waals surface area contributed by atoms with Crippen molar-refractivity contribution in [2.24, 2.45) is 0 Å². The second-order valence-corrected chi connectivity index (χ2v) is 2.42. The molecule has 0 bridgehead atoms. The number of carbonyl (C=O) groups is 1. The lowest BCUT2D eigenvalue weighted by molar-refractivity contribution is 0.0781. The number of nitrogens with zero attached hydrogens (tertiary/aromatic N) is 1. The van der Waals surface area contributed by atoms with Gasteiger partial charge < -0.3 is 3.83 Å². The first-order valence-electron chi connectivity index (χ1n) is 2.07. The van der Waals surface area contributed by atoms with Gasteiger partial charge in [0.15, 0.2) is 16.3 Å². The summed E-state index contributed by atoms with van der Waals surface area (Å²) in [6.07, 6.45) is 1.55. The van der Waals surface area contributed by atoms with Crippen LogP contribution < -0.4 is 0 Å². The molecule has 48 valence electrons. The van der Waals surface area contributed by atoms with Crippen LogP contribution in [0.15, 0.2) is 11.6 Å². The average Bonchev–Trinajstić information content (AvgIpc) is 2.37. The molecule has 0 aromatic carbocycles. The van der Waals surface area contributed by atoms with Crippen LogP contribution in [0.4, 0.5) is 0 Å². The van der Waals surface area contributed by atoms with Gasteiger partial charge in [0, 0.05) is 11.6 Å². The Balaban J connectivity index is 2.77. The lowest BCUT2D eigenvalue weighted by Crippen LogP contribution is -1.94. The largest absolute Gasteiger partial charge is 0.378 e. The zero-order valence-corrected chi connectivity index (χ0v) is 6.61. The highest BCUT2D eigenvalue weighted by atomic mass is 79.9. The molecule has 0 atom stereocenters. The van der Waals surface area contributed by atoms with Crippen molar-refractivity contribution in [1.29, 1.82) is 0 Å². The van der Waals surface area contributed by atoms with E-state index in [1.807, 2.05) is 0 Å². The lowest BCUT2D eigenvalue weighted by atomic mass is 10.7. The third kappa shape index (κ3) is 1.49. The summed E-state index contributed by atoms with van der Waals surface area (Å²) < 4.78 is 4.22. The van der Waals surface area contributed by atoms with Gasteiger partial charge in [-0.25, -0.2) is 9.78 Å². The first kappa shape index (κ1) is 6.70. The zero-order valence-electron chi connectivity index (χ0n) is 4.20. The molecule has 1 rings (SSSR count). The Labute approximate surface area is 64.1 Å². The summed E-state index contributed by atoms with van der Waals surface area (Å²) in [4.78, 5) is 14.3. The van der Waals surface area contributed by atoms with Gasteiger partial charge in [0.25, 0.3) is 0 Å². The molecular formula is C4H2BrNO2S. The van der Waals surface area contributed by atoms with Crippen LogP contribution in [0.5, 0.6) is 0 Å². The molecule has 0 aliphatic rings. The van der Waals surface area contributed by atoms with Gasteiger partial charge in [-0.05, 0) is 0 Å². The van der Waals surface area contributed by atoms with Crippen molar-refractivity contribution < 1.29 is 8.62 Å². The first-order chi connectivity index (χ1) is 4.34. The molecule has 1 aromatic heterocycles. The predicted molar refractivity (Wildman–Crippen MR) is 36.5 cm³/mol. The SMILES string of the molecule is O=C(OBr)c1nccs1. The number of hydrogen-bond acceptors (Lipinski definition) is 4. The van der Waals surface area contributed by atoms with Crippen LogP contribution in [-0.4, -0.2) is 11.0 Å². The van der Waals surface area contributed by atoms with Crippen molar-refractivity contribution in [3.05, 3.63) is 16.6 Å². The van der Waals surface area contributed by atoms with E-state index in [1.165, 1.54) is 11.3 Å². The van der Waals surface area contributed by atoms with Crippen molar-refractivity contribution in [2.45, 2.75) is 0 Å². The summed E-state index contributed by atoms with van der Waals surface area (Å²) in [6, 6.07) is 0. The molecule has 0 saturated carbocycles. The minimum absolute atomic E-state index is 0.354. The quantitative estimate of drug-likeness (QED) is 0.703. The van der Waals surface area contributed by atoms with E-state index in [9.17, 15) is 4.79 Å². The second-order valence-electron chi connectivity index (χ2n) is 1.20. The summed E-state index contributed by atoms with van der Waals surface area (Å²) >= 11 is 3.79. The molecular weight excluding hydrogens is 206 g/mol. The number of rotatable bonds is 1. The standard InChI is InChI=1S/C4H2BrNO2S/c5-8-4(7)3-6-1-2-9-3/h1-2H. The fourth-order valence-corrected chi connectivity index (χ4v) is 1.13. The average molecular weight is 208 g/mol. The minimum atomic E-state index is -0.454. The zero-order chi connectivity index (χ0) is 6.69. The molecule has 0 spiro atoms. The first-order valence-corrected chi connectivity index (χ1v) is 3.59. The van der Waals surface area contributed by atoms with E-state index < -0.39 is 5.97 Å². The van der Waals surface area contributed by atoms with E-state index in [1.54, 1.807) is 11.6 Å². The monoisotopic (exact) mass is 207 g/mol. The molecule has 9 heavy (non-hydrogen) atoms. The second kappa shape index (κ2) is 2.93. The van der Waals surface area contributed by atoms with Crippen LogP contribution in [0, 0.1) is 0 Å². The summed E-state index contributed by atoms with van der Waals surface area (Å²) in [5.74, 6) is -0.454. The van der Waals surface area contributed by atoms with Crippen molar-refractivity contribution in [1.82, 2.24) is 4.98 Å². The number of hydrogen-bond donors (Lipinski definition) is 0. The van der Waals surface area contributed by atoms with Gasteiger partial charge in [-0.1, -0.05) is 0 Å². The van der Waals surface area contributed by atoms with Crippen LogP contribution in [0.1, 0.15) is 9.80 Å². The van der Waals surface area contributed by atoms with Gasteiger partial charge in [0.1, 0.15) is 0 Å². The molecule has 0 aliphatic carbocycles. The van der Waals surface area contributed by atoms with E-state index >= 15 is 0 Å². The van der Waals surface area contributed by atoms with Gasteiger partial charge in [-0.2, -0.15) is 0 Å².